The molecule has 0 aliphatic carbocycles. The number of imide groups is 1. The van der Waals surface area contributed by atoms with Gasteiger partial charge in [0.15, 0.2) is 0 Å². The lowest BCUT2D eigenvalue weighted by Gasteiger charge is -2.23. The molecule has 1 aliphatic heterocycles. The number of rotatable bonds is 7. The van der Waals surface area contributed by atoms with Gasteiger partial charge in [0.2, 0.25) is 5.91 Å². The van der Waals surface area contributed by atoms with E-state index in [1.165, 1.54) is 0 Å². The van der Waals surface area contributed by atoms with E-state index in [4.69, 9.17) is 23.2 Å². The molecule has 0 radical (unpaired) electrons. The molecule has 0 unspecified atom stereocenters. The van der Waals surface area contributed by atoms with Crippen molar-refractivity contribution in [3.8, 4) is 0 Å². The van der Waals surface area contributed by atoms with Crippen LogP contribution in [0.2, 0.25) is 10.0 Å². The maximum atomic E-state index is 12.9. The quantitative estimate of drug-likeness (QED) is 0.382. The van der Waals surface area contributed by atoms with Crippen LogP contribution in [0.4, 0.5) is 4.79 Å². The molecule has 4 amide bonds. The maximum absolute atomic E-state index is 12.9. The van der Waals surface area contributed by atoms with E-state index < -0.39 is 23.4 Å². The lowest BCUT2D eigenvalue weighted by Crippen LogP contribution is -2.43. The lowest BCUT2D eigenvalue weighted by atomic mass is 9.92. The summed E-state index contributed by atoms with van der Waals surface area (Å²) in [6.45, 7) is 1.63. The van der Waals surface area contributed by atoms with Crippen LogP contribution in [0.5, 0.6) is 0 Å². The summed E-state index contributed by atoms with van der Waals surface area (Å²) in [5.41, 5.74) is -0.817. The average molecular weight is 452 g/mol. The molecule has 0 bridgehead atoms. The second-order valence-electron chi connectivity index (χ2n) is 6.58. The number of amides is 4. The summed E-state index contributed by atoms with van der Waals surface area (Å²) in [6, 6.07) is 13.6. The Labute approximate surface area is 182 Å². The number of nitrogens with one attached hydrogen (secondary N) is 2. The Kier molecular flexibility index (Phi) is 6.72. The van der Waals surface area contributed by atoms with Gasteiger partial charge < -0.3 is 10.6 Å². The van der Waals surface area contributed by atoms with Gasteiger partial charge >= 0.3 is 6.03 Å². The number of halogens is 2. The molecule has 3 rings (SSSR count). The molecular weight excluding hydrogens is 433 g/mol. The van der Waals surface area contributed by atoms with Crippen molar-refractivity contribution in [1.29, 1.82) is 0 Å². The standard InChI is InChI=1S/C20H19Cl2N3O3S/c1-20(15-4-2-3-5-16(15)22)18(27)25(19(28)24-20)12-17(26)23-10-11-29-14-8-6-13(21)7-9-14/h2-9H,10-12H2,1H3,(H,23,26)(H,24,28)/t20-/m0/s1. The van der Waals surface area contributed by atoms with E-state index in [1.807, 2.05) is 12.1 Å². The monoisotopic (exact) mass is 451 g/mol. The van der Waals surface area contributed by atoms with E-state index in [2.05, 4.69) is 10.6 Å². The Morgan fingerprint density at radius 2 is 1.83 bits per heavy atom. The Hall–Kier alpha value is -2.22. The summed E-state index contributed by atoms with van der Waals surface area (Å²) in [4.78, 5) is 39.3. The fraction of sp³-hybridized carbons (Fsp3) is 0.250. The van der Waals surface area contributed by atoms with Crippen molar-refractivity contribution >= 4 is 52.8 Å². The van der Waals surface area contributed by atoms with Gasteiger partial charge in [-0.15, -0.1) is 11.8 Å². The van der Waals surface area contributed by atoms with Gasteiger partial charge in [-0.3, -0.25) is 14.5 Å². The normalized spacial score (nSPS) is 18.7. The van der Waals surface area contributed by atoms with Crippen LogP contribution in [0.1, 0.15) is 12.5 Å². The number of hydrogen-bond acceptors (Lipinski definition) is 4. The van der Waals surface area contributed by atoms with Crippen LogP contribution in [-0.2, 0) is 15.1 Å². The number of carbonyl (C=O) groups excluding carboxylic acids is 3. The summed E-state index contributed by atoms with van der Waals surface area (Å²) in [5, 5.41) is 6.41. The molecule has 1 aliphatic rings. The number of urea groups is 1. The highest BCUT2D eigenvalue weighted by Gasteiger charge is 2.50. The van der Waals surface area contributed by atoms with Gasteiger partial charge in [-0.2, -0.15) is 0 Å². The number of thioether (sulfide) groups is 1. The molecule has 2 N–H and O–H groups in total. The molecule has 0 saturated carbocycles. The fourth-order valence-corrected chi connectivity index (χ4v) is 4.20. The van der Waals surface area contributed by atoms with Crippen molar-refractivity contribution in [3.63, 3.8) is 0 Å². The minimum atomic E-state index is -1.31. The second kappa shape index (κ2) is 9.07. The Morgan fingerprint density at radius 3 is 2.52 bits per heavy atom. The van der Waals surface area contributed by atoms with Crippen molar-refractivity contribution in [1.82, 2.24) is 15.5 Å². The zero-order valence-corrected chi connectivity index (χ0v) is 17.9. The molecular formula is C20H19Cl2N3O3S. The van der Waals surface area contributed by atoms with Crippen LogP contribution < -0.4 is 10.6 Å². The summed E-state index contributed by atoms with van der Waals surface area (Å²) in [7, 11) is 0. The van der Waals surface area contributed by atoms with Crippen LogP contribution in [0, 0.1) is 0 Å². The molecule has 1 saturated heterocycles. The highest BCUT2D eigenvalue weighted by Crippen LogP contribution is 2.33. The predicted molar refractivity (Wildman–Crippen MR) is 114 cm³/mol. The molecule has 1 fully saturated rings. The van der Waals surface area contributed by atoms with Crippen LogP contribution in [0.25, 0.3) is 0 Å². The average Bonchev–Trinajstić information content (AvgIpc) is 2.91. The third kappa shape index (κ3) is 4.86. The molecule has 152 valence electrons. The third-order valence-electron chi connectivity index (χ3n) is 4.50. The molecule has 1 atom stereocenters. The Morgan fingerprint density at radius 1 is 1.14 bits per heavy atom. The first-order valence-electron chi connectivity index (χ1n) is 8.85. The maximum Gasteiger partial charge on any atom is 0.325 e. The number of nitrogens with zero attached hydrogens (tertiary/aromatic N) is 1. The van der Waals surface area contributed by atoms with Crippen LogP contribution in [0.3, 0.4) is 0 Å². The minimum Gasteiger partial charge on any atom is -0.354 e. The van der Waals surface area contributed by atoms with Gasteiger partial charge in [-0.05, 0) is 37.3 Å². The van der Waals surface area contributed by atoms with E-state index >= 15 is 0 Å². The van der Waals surface area contributed by atoms with Crippen molar-refractivity contribution in [2.45, 2.75) is 17.4 Å². The SMILES string of the molecule is C[C@@]1(c2ccccc2Cl)NC(=O)N(CC(=O)NCCSc2ccc(Cl)cc2)C1=O. The van der Waals surface area contributed by atoms with Crippen LogP contribution in [-0.4, -0.2) is 41.6 Å². The first-order chi connectivity index (χ1) is 13.8. The zero-order chi connectivity index (χ0) is 21.0. The molecule has 2 aromatic rings. The molecule has 0 aromatic heterocycles. The summed E-state index contributed by atoms with van der Waals surface area (Å²) >= 11 is 13.6. The first kappa shape index (κ1) is 21.5. The summed E-state index contributed by atoms with van der Waals surface area (Å²) in [6.07, 6.45) is 0. The topological polar surface area (TPSA) is 78.5 Å². The van der Waals surface area contributed by atoms with Gasteiger partial charge in [0, 0.05) is 32.8 Å². The van der Waals surface area contributed by atoms with E-state index in [0.717, 1.165) is 9.80 Å². The van der Waals surface area contributed by atoms with Crippen LogP contribution in [0.15, 0.2) is 53.4 Å². The molecule has 6 nitrogen and oxygen atoms in total. The van der Waals surface area contributed by atoms with E-state index in [9.17, 15) is 14.4 Å². The zero-order valence-electron chi connectivity index (χ0n) is 15.6. The molecule has 2 aromatic carbocycles. The van der Waals surface area contributed by atoms with Crippen molar-refractivity contribution in [2.75, 3.05) is 18.8 Å². The Bertz CT molecular complexity index is 939. The molecule has 9 heteroatoms. The van der Waals surface area contributed by atoms with E-state index in [-0.39, 0.29) is 6.54 Å². The third-order valence-corrected chi connectivity index (χ3v) is 6.09. The van der Waals surface area contributed by atoms with Gasteiger partial charge in [0.1, 0.15) is 12.1 Å². The van der Waals surface area contributed by atoms with Crippen molar-refractivity contribution < 1.29 is 14.4 Å². The van der Waals surface area contributed by atoms with Crippen molar-refractivity contribution in [3.05, 3.63) is 64.1 Å². The van der Waals surface area contributed by atoms with Gasteiger partial charge in [0.25, 0.3) is 5.91 Å². The predicted octanol–water partition coefficient (Wildman–Crippen LogP) is 3.67. The van der Waals surface area contributed by atoms with Crippen molar-refractivity contribution in [2.24, 2.45) is 0 Å². The van der Waals surface area contributed by atoms with Gasteiger partial charge in [-0.1, -0.05) is 41.4 Å². The highest BCUT2D eigenvalue weighted by molar-refractivity contribution is 7.99. The largest absolute Gasteiger partial charge is 0.354 e. The van der Waals surface area contributed by atoms with Gasteiger partial charge in [0.05, 0.1) is 0 Å². The second-order valence-corrected chi connectivity index (χ2v) is 8.59. The smallest absolute Gasteiger partial charge is 0.325 e. The minimum absolute atomic E-state index is 0.351. The fourth-order valence-electron chi connectivity index (χ4n) is 2.98. The number of benzene rings is 2. The Balaban J connectivity index is 1.53. The van der Waals surface area contributed by atoms with E-state index in [1.54, 1.807) is 55.1 Å². The van der Waals surface area contributed by atoms with E-state index in [0.29, 0.717) is 27.9 Å². The summed E-state index contributed by atoms with van der Waals surface area (Å²) in [5.74, 6) is -0.278. The molecule has 1 heterocycles. The lowest BCUT2D eigenvalue weighted by molar-refractivity contribution is -0.134. The number of hydrogen-bond donors (Lipinski definition) is 2. The summed E-state index contributed by atoms with van der Waals surface area (Å²) < 4.78 is 0. The molecule has 29 heavy (non-hydrogen) atoms. The van der Waals surface area contributed by atoms with Crippen LogP contribution >= 0.6 is 35.0 Å². The highest BCUT2D eigenvalue weighted by atomic mass is 35.5. The molecule has 0 spiro atoms. The number of carbonyl (C=O) groups is 3. The van der Waals surface area contributed by atoms with Gasteiger partial charge in [-0.25, -0.2) is 4.79 Å². The first-order valence-corrected chi connectivity index (χ1v) is 10.6.